The van der Waals surface area contributed by atoms with Crippen LogP contribution in [0.3, 0.4) is 0 Å². The zero-order chi connectivity index (χ0) is 28.8. The minimum Gasteiger partial charge on any atom is -0.747 e. The standard InChI is InChI=1S/C26H47NO10S.4Na/c1-2-3-4-5-6-7-8-9-10-11-12-13-14-15-16-17-18-27-23(28)19-22(38(34,35)36)26(33)37-20-21(24(29)30)25(31)32;;;;/h21-22H,2-20H2,1H3,(H,27,28)(H,29,30)(H,31,32)(H,34,35,36);;;;/q;4*+1/p-3. The number of rotatable bonds is 25. The minimum atomic E-state index is -5.32. The van der Waals surface area contributed by atoms with Crippen LogP contribution in [0.2, 0.25) is 0 Å². The van der Waals surface area contributed by atoms with Gasteiger partial charge in [-0.3, -0.25) is 9.59 Å². The molecule has 1 atom stereocenters. The Kier molecular flexibility index (Phi) is 43.3. The summed E-state index contributed by atoms with van der Waals surface area (Å²) in [4.78, 5) is 45.2. The van der Waals surface area contributed by atoms with Crippen molar-refractivity contribution in [2.75, 3.05) is 13.2 Å². The molecular weight excluding hydrogens is 610 g/mol. The Labute approximate surface area is 340 Å². The molecule has 0 heterocycles. The van der Waals surface area contributed by atoms with E-state index in [0.717, 1.165) is 25.7 Å². The number of carbonyl (C=O) groups is 4. The monoisotopic (exact) mass is 654 g/mol. The Hall–Kier alpha value is 1.79. The molecule has 0 saturated carbocycles. The average molecular weight is 655 g/mol. The molecule has 1 amide bonds. The Morgan fingerprint density at radius 3 is 1.36 bits per heavy atom. The van der Waals surface area contributed by atoms with Gasteiger partial charge in [-0.25, -0.2) is 8.42 Å². The van der Waals surface area contributed by atoms with Crippen molar-refractivity contribution >= 4 is 33.9 Å². The van der Waals surface area contributed by atoms with Crippen molar-refractivity contribution in [3.63, 3.8) is 0 Å². The first-order chi connectivity index (χ1) is 18.0. The molecule has 42 heavy (non-hydrogen) atoms. The van der Waals surface area contributed by atoms with Crippen LogP contribution in [0, 0.1) is 5.92 Å². The third kappa shape index (κ3) is 30.4. The molecule has 0 aromatic rings. The molecule has 0 aromatic carbocycles. The molecule has 0 spiro atoms. The van der Waals surface area contributed by atoms with Crippen LogP contribution in [0.15, 0.2) is 0 Å². The molecule has 11 nitrogen and oxygen atoms in total. The minimum absolute atomic E-state index is 0. The van der Waals surface area contributed by atoms with Gasteiger partial charge in [0.05, 0.1) is 24.3 Å². The fraction of sp³-hybridized carbons (Fsp3) is 0.846. The summed E-state index contributed by atoms with van der Waals surface area (Å²) in [6, 6.07) is 0. The van der Waals surface area contributed by atoms with Crippen molar-refractivity contribution < 1.29 is 165 Å². The number of hydrogen-bond acceptors (Lipinski definition) is 10. The number of hydrogen-bond donors (Lipinski definition) is 1. The molecule has 16 heteroatoms. The Balaban J connectivity index is -0.00000114. The topological polar surface area (TPSA) is 193 Å². The Bertz CT molecular complexity index is 805. The summed E-state index contributed by atoms with van der Waals surface area (Å²) in [6.07, 6.45) is 18.1. The summed E-state index contributed by atoms with van der Waals surface area (Å²) in [5.41, 5.74) is 0. The number of esters is 1. The van der Waals surface area contributed by atoms with Gasteiger partial charge in [-0.2, -0.15) is 0 Å². The van der Waals surface area contributed by atoms with Gasteiger partial charge in [0.2, 0.25) is 5.91 Å². The quantitative estimate of drug-likeness (QED) is 0.0325. The molecule has 1 unspecified atom stereocenters. The van der Waals surface area contributed by atoms with Gasteiger partial charge in [-0.1, -0.05) is 103 Å². The molecule has 0 aliphatic heterocycles. The van der Waals surface area contributed by atoms with E-state index in [1.807, 2.05) is 0 Å². The molecule has 0 rings (SSSR count). The zero-order valence-electron chi connectivity index (χ0n) is 26.6. The van der Waals surface area contributed by atoms with Crippen molar-refractivity contribution in [3.05, 3.63) is 0 Å². The number of aliphatic carboxylic acids is 2. The van der Waals surface area contributed by atoms with Crippen LogP contribution < -0.4 is 134 Å². The van der Waals surface area contributed by atoms with E-state index >= 15 is 0 Å². The predicted octanol–water partition coefficient (Wildman–Crippen LogP) is -10.7. The van der Waals surface area contributed by atoms with Crippen LogP contribution in [0.1, 0.15) is 116 Å². The number of carboxylic acid groups (broad SMARTS) is 2. The fourth-order valence-corrected chi connectivity index (χ4v) is 4.59. The molecule has 0 aliphatic rings. The largest absolute Gasteiger partial charge is 1.00 e. The molecule has 0 radical (unpaired) electrons. The van der Waals surface area contributed by atoms with Crippen molar-refractivity contribution in [1.82, 2.24) is 5.32 Å². The first kappa shape index (κ1) is 53.3. The van der Waals surface area contributed by atoms with Crippen molar-refractivity contribution in [2.45, 2.75) is 121 Å². The van der Waals surface area contributed by atoms with Crippen molar-refractivity contribution in [1.29, 1.82) is 0 Å². The maximum atomic E-state index is 12.0. The van der Waals surface area contributed by atoms with Gasteiger partial charge in [0, 0.05) is 6.54 Å². The average Bonchev–Trinajstić information content (AvgIpc) is 2.83. The van der Waals surface area contributed by atoms with Crippen LogP contribution >= 0.6 is 0 Å². The summed E-state index contributed by atoms with van der Waals surface area (Å²) >= 11 is 0. The van der Waals surface area contributed by atoms with Crippen LogP contribution in [-0.4, -0.2) is 55.2 Å². The zero-order valence-corrected chi connectivity index (χ0v) is 35.4. The Morgan fingerprint density at radius 1 is 0.667 bits per heavy atom. The summed E-state index contributed by atoms with van der Waals surface area (Å²) in [5.74, 6) is -9.17. The van der Waals surface area contributed by atoms with E-state index < -0.39 is 58.1 Å². The third-order valence-corrected chi connectivity index (χ3v) is 7.35. The fourth-order valence-electron chi connectivity index (χ4n) is 3.94. The van der Waals surface area contributed by atoms with Crippen molar-refractivity contribution in [2.24, 2.45) is 5.92 Å². The van der Waals surface area contributed by atoms with Gasteiger partial charge in [-0.05, 0) is 6.42 Å². The molecule has 0 bridgehead atoms. The predicted molar refractivity (Wildman–Crippen MR) is 135 cm³/mol. The third-order valence-electron chi connectivity index (χ3n) is 6.30. The van der Waals surface area contributed by atoms with Crippen LogP contribution in [-0.2, 0) is 34.0 Å². The molecular formula is C26H44NNa4O10S+. The smallest absolute Gasteiger partial charge is 0.747 e. The van der Waals surface area contributed by atoms with E-state index in [1.165, 1.54) is 70.6 Å². The van der Waals surface area contributed by atoms with E-state index in [2.05, 4.69) is 17.0 Å². The van der Waals surface area contributed by atoms with Crippen molar-refractivity contribution in [3.8, 4) is 0 Å². The van der Waals surface area contributed by atoms with Gasteiger partial charge in [0.15, 0.2) is 5.25 Å². The number of carbonyl (C=O) groups excluding carboxylic acids is 4. The van der Waals surface area contributed by atoms with Gasteiger partial charge in [0.25, 0.3) is 0 Å². The number of carboxylic acids is 2. The molecule has 1 N–H and O–H groups in total. The summed E-state index contributed by atoms with van der Waals surface area (Å²) in [5, 5.41) is 21.3. The van der Waals surface area contributed by atoms with E-state index in [1.54, 1.807) is 0 Å². The van der Waals surface area contributed by atoms with Crippen LogP contribution in [0.5, 0.6) is 0 Å². The van der Waals surface area contributed by atoms with Gasteiger partial charge >= 0.3 is 124 Å². The second-order valence-corrected chi connectivity index (χ2v) is 11.2. The number of ether oxygens (including phenoxy) is 1. The molecule has 0 aliphatic carbocycles. The maximum absolute atomic E-state index is 12.0. The maximum Gasteiger partial charge on any atom is 1.00 e. The molecule has 0 aromatic heterocycles. The summed E-state index contributed by atoms with van der Waals surface area (Å²) in [6.45, 7) is 1.16. The Morgan fingerprint density at radius 2 is 1.02 bits per heavy atom. The van der Waals surface area contributed by atoms with Crippen LogP contribution in [0.25, 0.3) is 0 Å². The second-order valence-electron chi connectivity index (χ2n) is 9.66. The summed E-state index contributed by atoms with van der Waals surface area (Å²) < 4.78 is 38.4. The first-order valence-corrected chi connectivity index (χ1v) is 15.3. The molecule has 0 saturated heterocycles. The molecule has 222 valence electrons. The number of amides is 1. The van der Waals surface area contributed by atoms with Crippen LogP contribution in [0.4, 0.5) is 0 Å². The van der Waals surface area contributed by atoms with E-state index in [9.17, 15) is 42.4 Å². The van der Waals surface area contributed by atoms with Gasteiger partial charge in [-0.15, -0.1) is 0 Å². The van der Waals surface area contributed by atoms with Gasteiger partial charge < -0.3 is 34.4 Å². The normalized spacial score (nSPS) is 11.1. The first-order valence-electron chi connectivity index (χ1n) is 13.8. The number of unbranched alkanes of at least 4 members (excludes halogenated alkanes) is 15. The SMILES string of the molecule is CCCCCCCCCCCCCCCCCCNC(=O)CC(C(=O)OCC(C(=O)[O-])C(=O)[O-])S(=O)(=O)[O-].[Na+].[Na+].[Na+].[Na+]. The number of nitrogens with one attached hydrogen (secondary N) is 1. The van der Waals surface area contributed by atoms with E-state index in [0.29, 0.717) is 6.42 Å². The molecule has 0 fully saturated rings. The van der Waals surface area contributed by atoms with E-state index in [-0.39, 0.29) is 125 Å². The summed E-state index contributed by atoms with van der Waals surface area (Å²) in [7, 11) is -5.32. The second kappa shape index (κ2) is 34.1. The van der Waals surface area contributed by atoms with Gasteiger partial charge in [0.1, 0.15) is 16.7 Å². The van der Waals surface area contributed by atoms with E-state index in [4.69, 9.17) is 0 Å².